The lowest BCUT2D eigenvalue weighted by Gasteiger charge is -2.22. The van der Waals surface area contributed by atoms with Gasteiger partial charge in [-0.15, -0.1) is 35.3 Å². The minimum atomic E-state index is -0.608. The molecule has 2 N–H and O–H groups in total. The maximum atomic E-state index is 10.2. The third kappa shape index (κ3) is 6.67. The topological polar surface area (TPSA) is 57.1 Å². The van der Waals surface area contributed by atoms with Crippen molar-refractivity contribution in [2.24, 2.45) is 10.9 Å². The van der Waals surface area contributed by atoms with E-state index in [9.17, 15) is 5.11 Å². The van der Waals surface area contributed by atoms with Crippen LogP contribution in [0.1, 0.15) is 31.2 Å². The average molecular weight is 488 g/mol. The van der Waals surface area contributed by atoms with E-state index in [1.165, 1.54) is 11.3 Å². The number of hydrogen-bond donors (Lipinski definition) is 2. The van der Waals surface area contributed by atoms with Gasteiger partial charge in [-0.3, -0.25) is 4.99 Å². The van der Waals surface area contributed by atoms with Gasteiger partial charge in [0, 0.05) is 37.0 Å². The fraction of sp³-hybridized carbons (Fsp3) is 0.688. The molecule has 0 bridgehead atoms. The van der Waals surface area contributed by atoms with E-state index in [2.05, 4.69) is 22.1 Å². The van der Waals surface area contributed by atoms with E-state index in [0.29, 0.717) is 16.8 Å². The number of guanidine groups is 1. The summed E-state index contributed by atoms with van der Waals surface area (Å²) in [6.45, 7) is 8.73. The second kappa shape index (κ2) is 11.5. The van der Waals surface area contributed by atoms with Crippen LogP contribution < -0.4 is 5.32 Å². The van der Waals surface area contributed by atoms with Crippen molar-refractivity contribution in [3.05, 3.63) is 21.3 Å². The number of aliphatic hydroxyl groups excluding tert-OH is 1. The lowest BCUT2D eigenvalue weighted by Crippen LogP contribution is -2.40. The predicted molar refractivity (Wildman–Crippen MR) is 112 cm³/mol. The summed E-state index contributed by atoms with van der Waals surface area (Å²) in [5, 5.41) is 13.6. The van der Waals surface area contributed by atoms with E-state index in [4.69, 9.17) is 16.3 Å². The van der Waals surface area contributed by atoms with E-state index in [0.717, 1.165) is 50.1 Å². The maximum absolute atomic E-state index is 10.2. The van der Waals surface area contributed by atoms with E-state index in [-0.39, 0.29) is 24.0 Å². The van der Waals surface area contributed by atoms with Gasteiger partial charge in [-0.2, -0.15) is 0 Å². The molecular formula is C16H27ClIN3O2S. The molecule has 0 aromatic carbocycles. The number of thiophene rings is 1. The Morgan fingerprint density at radius 3 is 2.96 bits per heavy atom. The van der Waals surface area contributed by atoms with Crippen LogP contribution in [-0.4, -0.2) is 55.4 Å². The van der Waals surface area contributed by atoms with Gasteiger partial charge in [0.15, 0.2) is 5.96 Å². The van der Waals surface area contributed by atoms with Crippen LogP contribution in [0.15, 0.2) is 17.1 Å². The third-order valence-corrected chi connectivity index (χ3v) is 5.15. The largest absolute Gasteiger partial charge is 0.386 e. The van der Waals surface area contributed by atoms with Crippen molar-refractivity contribution in [3.63, 3.8) is 0 Å². The van der Waals surface area contributed by atoms with Crippen LogP contribution in [0.3, 0.4) is 0 Å². The fourth-order valence-electron chi connectivity index (χ4n) is 2.64. The Morgan fingerprint density at radius 1 is 1.54 bits per heavy atom. The predicted octanol–water partition coefficient (Wildman–Crippen LogP) is 3.38. The molecule has 1 saturated heterocycles. The van der Waals surface area contributed by atoms with Crippen molar-refractivity contribution in [3.8, 4) is 0 Å². The molecule has 2 heterocycles. The first-order valence-corrected chi connectivity index (χ1v) is 9.37. The molecule has 0 aliphatic carbocycles. The molecule has 0 radical (unpaired) electrons. The molecule has 24 heavy (non-hydrogen) atoms. The van der Waals surface area contributed by atoms with Gasteiger partial charge >= 0.3 is 0 Å². The van der Waals surface area contributed by atoms with Gasteiger partial charge in [-0.25, -0.2) is 0 Å². The number of hydrogen-bond acceptors (Lipinski definition) is 4. The molecule has 1 aromatic heterocycles. The Bertz CT molecular complexity index is 515. The van der Waals surface area contributed by atoms with Gasteiger partial charge in [-0.05, 0) is 32.4 Å². The van der Waals surface area contributed by atoms with Crippen molar-refractivity contribution in [2.75, 3.05) is 39.4 Å². The molecule has 1 aromatic rings. The summed E-state index contributed by atoms with van der Waals surface area (Å²) in [6.07, 6.45) is 0.510. The molecule has 5 nitrogen and oxygen atoms in total. The van der Waals surface area contributed by atoms with Crippen molar-refractivity contribution in [1.29, 1.82) is 0 Å². The van der Waals surface area contributed by atoms with Crippen molar-refractivity contribution in [2.45, 2.75) is 26.4 Å². The van der Waals surface area contributed by atoms with Crippen molar-refractivity contribution < 1.29 is 9.84 Å². The Balaban J connectivity index is 0.00000288. The Kier molecular flexibility index (Phi) is 10.5. The Labute approximate surface area is 170 Å². The molecule has 0 amide bonds. The fourth-order valence-corrected chi connectivity index (χ4v) is 3.68. The van der Waals surface area contributed by atoms with Crippen LogP contribution in [0.25, 0.3) is 0 Å². The number of halogens is 2. The van der Waals surface area contributed by atoms with Crippen LogP contribution in [0.4, 0.5) is 0 Å². The molecule has 8 heteroatoms. The molecule has 138 valence electrons. The smallest absolute Gasteiger partial charge is 0.194 e. The number of nitrogens with one attached hydrogen (secondary N) is 1. The number of likely N-dealkylation sites (tertiary alicyclic amines) is 1. The zero-order valence-electron chi connectivity index (χ0n) is 14.2. The number of rotatable bonds is 7. The normalized spacial score (nSPS) is 19.2. The summed E-state index contributed by atoms with van der Waals surface area (Å²) in [6, 6.07) is 3.66. The van der Waals surface area contributed by atoms with Gasteiger partial charge in [0.2, 0.25) is 0 Å². The molecule has 1 fully saturated rings. The van der Waals surface area contributed by atoms with E-state index in [1.807, 2.05) is 13.0 Å². The Morgan fingerprint density at radius 2 is 2.33 bits per heavy atom. The van der Waals surface area contributed by atoms with Crippen LogP contribution in [-0.2, 0) is 4.74 Å². The SMILES string of the molecule is CCNC(=NCC(O)c1ccc(Cl)s1)N1CCC(COCC)C1.I. The average Bonchev–Trinajstić information content (AvgIpc) is 3.18. The lowest BCUT2D eigenvalue weighted by atomic mass is 10.1. The third-order valence-electron chi connectivity index (χ3n) is 3.81. The minimum absolute atomic E-state index is 0. The molecule has 0 saturated carbocycles. The van der Waals surface area contributed by atoms with E-state index < -0.39 is 6.10 Å². The highest BCUT2D eigenvalue weighted by atomic mass is 127. The molecule has 1 aliphatic heterocycles. The quantitative estimate of drug-likeness (QED) is 0.352. The molecular weight excluding hydrogens is 461 g/mol. The monoisotopic (exact) mass is 487 g/mol. The lowest BCUT2D eigenvalue weighted by molar-refractivity contribution is 0.114. The van der Waals surface area contributed by atoms with Crippen molar-refractivity contribution >= 4 is 52.9 Å². The van der Waals surface area contributed by atoms with Crippen LogP contribution >= 0.6 is 46.9 Å². The minimum Gasteiger partial charge on any atom is -0.386 e. The second-order valence-corrected chi connectivity index (χ2v) is 7.36. The summed E-state index contributed by atoms with van der Waals surface area (Å²) < 4.78 is 6.21. The first-order valence-electron chi connectivity index (χ1n) is 8.18. The summed E-state index contributed by atoms with van der Waals surface area (Å²) in [5.41, 5.74) is 0. The molecule has 2 atom stereocenters. The first-order chi connectivity index (χ1) is 11.1. The van der Waals surface area contributed by atoms with Crippen molar-refractivity contribution in [1.82, 2.24) is 10.2 Å². The van der Waals surface area contributed by atoms with Gasteiger partial charge in [0.25, 0.3) is 0 Å². The zero-order valence-corrected chi connectivity index (χ0v) is 18.1. The van der Waals surface area contributed by atoms with E-state index >= 15 is 0 Å². The van der Waals surface area contributed by atoms with E-state index in [1.54, 1.807) is 6.07 Å². The maximum Gasteiger partial charge on any atom is 0.194 e. The number of aliphatic imine (C=N–C) groups is 1. The molecule has 0 spiro atoms. The van der Waals surface area contributed by atoms with Crippen LogP contribution in [0.5, 0.6) is 0 Å². The molecule has 2 rings (SSSR count). The van der Waals surface area contributed by atoms with Crippen LogP contribution in [0, 0.1) is 5.92 Å². The highest BCUT2D eigenvalue weighted by molar-refractivity contribution is 14.0. The number of aliphatic hydroxyl groups is 1. The zero-order chi connectivity index (χ0) is 16.7. The summed E-state index contributed by atoms with van der Waals surface area (Å²) in [7, 11) is 0. The molecule has 1 aliphatic rings. The molecule has 2 unspecified atom stereocenters. The Hall–Kier alpha value is -0.0900. The van der Waals surface area contributed by atoms with Gasteiger partial charge in [-0.1, -0.05) is 11.6 Å². The number of ether oxygens (including phenoxy) is 1. The summed E-state index contributed by atoms with van der Waals surface area (Å²) in [5.74, 6) is 1.42. The van der Waals surface area contributed by atoms with Gasteiger partial charge in [0.05, 0.1) is 17.5 Å². The number of nitrogens with zero attached hydrogens (tertiary/aromatic N) is 2. The summed E-state index contributed by atoms with van der Waals surface area (Å²) in [4.78, 5) is 7.70. The second-order valence-electron chi connectivity index (χ2n) is 5.61. The highest BCUT2D eigenvalue weighted by Gasteiger charge is 2.25. The van der Waals surface area contributed by atoms with Gasteiger partial charge < -0.3 is 20.1 Å². The summed E-state index contributed by atoms with van der Waals surface area (Å²) >= 11 is 7.32. The van der Waals surface area contributed by atoms with Crippen LogP contribution in [0.2, 0.25) is 4.34 Å². The highest BCUT2D eigenvalue weighted by Crippen LogP contribution is 2.27. The first kappa shape index (κ1) is 22.0. The standard InChI is InChI=1S/C16H26ClN3O2S.HI/c1-3-18-16(20-8-7-12(10-20)11-22-4-2)19-9-13(21)14-5-6-15(17)23-14;/h5-6,12-13,21H,3-4,7-11H2,1-2H3,(H,18,19);1H. The van der Waals surface area contributed by atoms with Gasteiger partial charge in [0.1, 0.15) is 6.10 Å².